The van der Waals surface area contributed by atoms with Crippen LogP contribution in [-0.2, 0) is 9.53 Å². The van der Waals surface area contributed by atoms with Crippen molar-refractivity contribution >= 4 is 5.97 Å². The smallest absolute Gasteiger partial charge is 0.326 e. The van der Waals surface area contributed by atoms with E-state index in [9.17, 15) is 4.79 Å². The summed E-state index contributed by atoms with van der Waals surface area (Å²) in [5, 5.41) is 3.40. The van der Waals surface area contributed by atoms with Gasteiger partial charge in [0.1, 0.15) is 5.54 Å². The van der Waals surface area contributed by atoms with E-state index in [1.54, 1.807) is 0 Å². The van der Waals surface area contributed by atoms with E-state index in [0.29, 0.717) is 0 Å². The molecule has 0 saturated carbocycles. The Balaban J connectivity index is 2.15. The van der Waals surface area contributed by atoms with Crippen LogP contribution in [-0.4, -0.2) is 74.7 Å². The van der Waals surface area contributed by atoms with Gasteiger partial charge in [-0.3, -0.25) is 9.69 Å². The van der Waals surface area contributed by atoms with Crippen molar-refractivity contribution in [1.29, 1.82) is 0 Å². The van der Waals surface area contributed by atoms with Crippen LogP contribution in [0.1, 0.15) is 19.3 Å². The van der Waals surface area contributed by atoms with Gasteiger partial charge in [-0.2, -0.15) is 0 Å². The van der Waals surface area contributed by atoms with Gasteiger partial charge in [-0.1, -0.05) is 0 Å². The second-order valence-electron chi connectivity index (χ2n) is 5.42. The van der Waals surface area contributed by atoms with Gasteiger partial charge in [-0.25, -0.2) is 0 Å². The molecule has 0 aliphatic carbocycles. The number of likely N-dealkylation sites (tertiary alicyclic amines) is 1. The first kappa shape index (κ1) is 13.8. The molecule has 0 radical (unpaired) electrons. The Hall–Kier alpha value is -0.650. The van der Waals surface area contributed by atoms with Crippen LogP contribution in [0, 0.1) is 0 Å². The fraction of sp³-hybridized carbons (Fsp3) is 0.923. The molecular weight excluding hydrogens is 230 g/mol. The SMILES string of the molecule is COC(=O)C1(N2CCCNCC2)CCN(C)CC1. The lowest BCUT2D eigenvalue weighted by Gasteiger charge is -2.45. The van der Waals surface area contributed by atoms with Crippen molar-refractivity contribution in [2.75, 3.05) is 53.4 Å². The van der Waals surface area contributed by atoms with Crippen LogP contribution >= 0.6 is 0 Å². The lowest BCUT2D eigenvalue weighted by atomic mass is 9.85. The van der Waals surface area contributed by atoms with Gasteiger partial charge < -0.3 is 15.0 Å². The van der Waals surface area contributed by atoms with Gasteiger partial charge in [0.25, 0.3) is 0 Å². The number of carbonyl (C=O) groups excluding carboxylic acids is 1. The lowest BCUT2D eigenvalue weighted by molar-refractivity contribution is -0.159. The third-order valence-electron chi connectivity index (χ3n) is 4.32. The first-order chi connectivity index (χ1) is 8.69. The quantitative estimate of drug-likeness (QED) is 0.699. The molecule has 0 unspecified atom stereocenters. The van der Waals surface area contributed by atoms with Crippen LogP contribution in [0.25, 0.3) is 0 Å². The summed E-state index contributed by atoms with van der Waals surface area (Å²) in [6.07, 6.45) is 2.88. The van der Waals surface area contributed by atoms with Crippen LogP contribution in [0.5, 0.6) is 0 Å². The van der Waals surface area contributed by atoms with E-state index in [1.807, 2.05) is 0 Å². The van der Waals surface area contributed by atoms with Crippen LogP contribution < -0.4 is 5.32 Å². The highest BCUT2D eigenvalue weighted by molar-refractivity contribution is 5.81. The minimum absolute atomic E-state index is 0.0440. The highest BCUT2D eigenvalue weighted by atomic mass is 16.5. The topological polar surface area (TPSA) is 44.8 Å². The van der Waals surface area contributed by atoms with Crippen molar-refractivity contribution in [2.45, 2.75) is 24.8 Å². The van der Waals surface area contributed by atoms with Gasteiger partial charge in [0.2, 0.25) is 0 Å². The Bertz CT molecular complexity index is 280. The zero-order valence-electron chi connectivity index (χ0n) is 11.6. The molecule has 0 aromatic carbocycles. The molecule has 1 N–H and O–H groups in total. The number of ether oxygens (including phenoxy) is 1. The Morgan fingerprint density at radius 2 is 1.89 bits per heavy atom. The van der Waals surface area contributed by atoms with Crippen molar-refractivity contribution in [1.82, 2.24) is 15.1 Å². The number of nitrogens with one attached hydrogen (secondary N) is 1. The summed E-state index contributed by atoms with van der Waals surface area (Å²) in [6.45, 7) is 5.89. The summed E-state index contributed by atoms with van der Waals surface area (Å²) in [7, 11) is 3.63. The first-order valence-electron chi connectivity index (χ1n) is 6.92. The summed E-state index contributed by atoms with van der Waals surface area (Å²) in [4.78, 5) is 16.9. The molecule has 104 valence electrons. The van der Waals surface area contributed by atoms with Crippen molar-refractivity contribution < 1.29 is 9.53 Å². The fourth-order valence-electron chi connectivity index (χ4n) is 3.10. The van der Waals surface area contributed by atoms with Crippen LogP contribution in [0.2, 0.25) is 0 Å². The van der Waals surface area contributed by atoms with E-state index in [4.69, 9.17) is 4.74 Å². The summed E-state index contributed by atoms with van der Waals surface area (Å²) in [5.74, 6) is -0.0440. The number of esters is 1. The third-order valence-corrected chi connectivity index (χ3v) is 4.32. The first-order valence-corrected chi connectivity index (χ1v) is 6.92. The summed E-state index contributed by atoms with van der Waals surface area (Å²) in [5.41, 5.74) is -0.382. The normalized spacial score (nSPS) is 26.6. The van der Waals surface area contributed by atoms with E-state index in [1.165, 1.54) is 7.11 Å². The van der Waals surface area contributed by atoms with E-state index >= 15 is 0 Å². The van der Waals surface area contributed by atoms with Crippen LogP contribution in [0.4, 0.5) is 0 Å². The maximum atomic E-state index is 12.3. The minimum Gasteiger partial charge on any atom is -0.468 e. The highest BCUT2D eigenvalue weighted by Crippen LogP contribution is 2.30. The predicted octanol–water partition coefficient (Wildman–Crippen LogP) is -0.0809. The largest absolute Gasteiger partial charge is 0.468 e. The second kappa shape index (κ2) is 5.99. The van der Waals surface area contributed by atoms with E-state index in [2.05, 4.69) is 22.2 Å². The number of hydrogen-bond acceptors (Lipinski definition) is 5. The summed E-state index contributed by atoms with van der Waals surface area (Å²) >= 11 is 0. The Labute approximate surface area is 109 Å². The molecule has 0 atom stereocenters. The molecule has 2 saturated heterocycles. The number of nitrogens with zero attached hydrogens (tertiary/aromatic N) is 2. The van der Waals surface area contributed by atoms with Crippen molar-refractivity contribution in [3.63, 3.8) is 0 Å². The number of rotatable bonds is 2. The molecule has 0 aromatic rings. The van der Waals surface area contributed by atoms with Crippen LogP contribution in [0.15, 0.2) is 0 Å². The summed E-state index contributed by atoms with van der Waals surface area (Å²) in [6, 6.07) is 0. The van der Waals surface area contributed by atoms with Gasteiger partial charge in [0.15, 0.2) is 0 Å². The zero-order valence-corrected chi connectivity index (χ0v) is 11.6. The Morgan fingerprint density at radius 3 is 2.56 bits per heavy atom. The number of piperidine rings is 1. The molecule has 5 heteroatoms. The van der Waals surface area contributed by atoms with Crippen molar-refractivity contribution in [2.24, 2.45) is 0 Å². The second-order valence-corrected chi connectivity index (χ2v) is 5.42. The molecule has 0 amide bonds. The molecule has 2 aliphatic rings. The highest BCUT2D eigenvalue weighted by Gasteiger charge is 2.46. The van der Waals surface area contributed by atoms with Gasteiger partial charge >= 0.3 is 5.97 Å². The Morgan fingerprint density at radius 1 is 1.17 bits per heavy atom. The third kappa shape index (κ3) is 2.68. The fourth-order valence-corrected chi connectivity index (χ4v) is 3.10. The van der Waals surface area contributed by atoms with E-state index < -0.39 is 0 Å². The molecule has 2 rings (SSSR count). The van der Waals surface area contributed by atoms with Crippen LogP contribution in [0.3, 0.4) is 0 Å². The van der Waals surface area contributed by atoms with Gasteiger partial charge in [-0.05, 0) is 32.9 Å². The molecule has 2 heterocycles. The zero-order chi connectivity index (χ0) is 13.0. The molecule has 2 aliphatic heterocycles. The lowest BCUT2D eigenvalue weighted by Crippen LogP contribution is -2.60. The van der Waals surface area contributed by atoms with Gasteiger partial charge in [0.05, 0.1) is 7.11 Å². The number of carbonyl (C=O) groups is 1. The van der Waals surface area contributed by atoms with E-state index in [0.717, 1.165) is 58.5 Å². The average molecular weight is 255 g/mol. The molecule has 0 spiro atoms. The van der Waals surface area contributed by atoms with Gasteiger partial charge in [-0.15, -0.1) is 0 Å². The molecule has 5 nitrogen and oxygen atoms in total. The monoisotopic (exact) mass is 255 g/mol. The maximum absolute atomic E-state index is 12.3. The minimum atomic E-state index is -0.382. The maximum Gasteiger partial charge on any atom is 0.326 e. The standard InChI is InChI=1S/C13H25N3O2/c1-15-9-4-13(5-10-15,12(17)18-2)16-8-3-6-14-7-11-16/h14H,3-11H2,1-2H3. The molecule has 18 heavy (non-hydrogen) atoms. The predicted molar refractivity (Wildman–Crippen MR) is 70.5 cm³/mol. The Kier molecular flexibility index (Phi) is 4.59. The average Bonchev–Trinajstić information content (AvgIpc) is 2.68. The molecule has 2 fully saturated rings. The van der Waals surface area contributed by atoms with Gasteiger partial charge in [0, 0.05) is 32.7 Å². The summed E-state index contributed by atoms with van der Waals surface area (Å²) < 4.78 is 5.10. The number of methoxy groups -OCH3 is 1. The molecule has 0 aromatic heterocycles. The molecule has 0 bridgehead atoms. The molecular formula is C13H25N3O2. The van der Waals surface area contributed by atoms with Crippen molar-refractivity contribution in [3.8, 4) is 0 Å². The van der Waals surface area contributed by atoms with E-state index in [-0.39, 0.29) is 11.5 Å². The number of hydrogen-bond donors (Lipinski definition) is 1. The van der Waals surface area contributed by atoms with Crippen molar-refractivity contribution in [3.05, 3.63) is 0 Å².